The van der Waals surface area contributed by atoms with Gasteiger partial charge in [0.15, 0.2) is 0 Å². The Morgan fingerprint density at radius 1 is 0.976 bits per heavy atom. The van der Waals surface area contributed by atoms with Crippen LogP contribution < -0.4 is 9.47 Å². The number of carbonyl (C=O) groups excluding carboxylic acids is 2. The van der Waals surface area contributed by atoms with Gasteiger partial charge in [0.05, 0.1) is 24.8 Å². The number of benzene rings is 3. The van der Waals surface area contributed by atoms with Crippen LogP contribution in [0.4, 0.5) is 0 Å². The van der Waals surface area contributed by atoms with Crippen LogP contribution in [0.25, 0.3) is 5.76 Å². The van der Waals surface area contributed by atoms with E-state index >= 15 is 0 Å². The third-order valence-corrected chi connectivity index (χ3v) is 7.49. The van der Waals surface area contributed by atoms with Crippen LogP contribution in [0.3, 0.4) is 0 Å². The van der Waals surface area contributed by atoms with E-state index in [0.717, 1.165) is 19.6 Å². The molecule has 3 aromatic carbocycles. The molecule has 2 heterocycles. The van der Waals surface area contributed by atoms with Crippen molar-refractivity contribution in [3.05, 3.63) is 108 Å². The number of amides is 1. The molecule has 0 spiro atoms. The molecule has 2 aliphatic rings. The minimum Gasteiger partial charge on any atom is -0.507 e. The number of ketones is 1. The summed E-state index contributed by atoms with van der Waals surface area (Å²) in [4.78, 5) is 30.9. The highest BCUT2D eigenvalue weighted by Gasteiger charge is 2.46. The number of carbonyl (C=O) groups is 2. The summed E-state index contributed by atoms with van der Waals surface area (Å²) in [6.07, 6.45) is 2.33. The lowest BCUT2D eigenvalue weighted by atomic mass is 9.93. The number of aliphatic hydroxyl groups is 1. The minimum atomic E-state index is -0.773. The number of ether oxygens (including phenoxy) is 3. The molecule has 1 N–H and O–H groups in total. The second-order valence-electron chi connectivity index (χ2n) is 10.4. The number of aryl methyl sites for hydroxylation is 1. The lowest BCUT2D eigenvalue weighted by Gasteiger charge is -2.29. The van der Waals surface area contributed by atoms with Crippen molar-refractivity contribution in [1.29, 1.82) is 0 Å². The maximum absolute atomic E-state index is 13.6. The predicted octanol–water partition coefficient (Wildman–Crippen LogP) is 5.50. The number of rotatable bonds is 11. The van der Waals surface area contributed by atoms with Gasteiger partial charge in [-0.1, -0.05) is 43.0 Å². The predicted molar refractivity (Wildman–Crippen MR) is 161 cm³/mol. The standard InChI is InChI=1S/C34H36N2O6/c1-3-19-41-27-13-14-29(24(2)22-27)32(37)30-31(25-9-7-12-28(23-25)42-26-10-5-4-6-11-26)36(34(39)33(30)38)16-8-15-35-17-20-40-21-18-35/h3-7,9-14,22-23,31,37H,1,8,15-21H2,2H3/b32-30+. The number of hydrogen-bond donors (Lipinski definition) is 1. The molecule has 42 heavy (non-hydrogen) atoms. The first kappa shape index (κ1) is 29.1. The van der Waals surface area contributed by atoms with Crippen molar-refractivity contribution in [1.82, 2.24) is 9.80 Å². The SMILES string of the molecule is C=CCOc1ccc(/C(O)=C2\C(=O)C(=O)N(CCCN3CCOCC3)C2c2cccc(Oc3ccccc3)c2)c(C)c1. The Balaban J connectivity index is 1.50. The van der Waals surface area contributed by atoms with Crippen LogP contribution in [0.1, 0.15) is 29.2 Å². The zero-order valence-electron chi connectivity index (χ0n) is 23.8. The van der Waals surface area contributed by atoms with Crippen LogP contribution in [0, 0.1) is 6.92 Å². The Hall–Kier alpha value is -4.40. The molecule has 0 saturated carbocycles. The van der Waals surface area contributed by atoms with Gasteiger partial charge in [-0.2, -0.15) is 0 Å². The van der Waals surface area contributed by atoms with Gasteiger partial charge in [0.1, 0.15) is 29.6 Å². The van der Waals surface area contributed by atoms with Gasteiger partial charge in [-0.25, -0.2) is 0 Å². The van der Waals surface area contributed by atoms with E-state index in [-0.39, 0.29) is 11.3 Å². The van der Waals surface area contributed by atoms with Gasteiger partial charge < -0.3 is 24.2 Å². The third-order valence-electron chi connectivity index (χ3n) is 7.49. The van der Waals surface area contributed by atoms with E-state index in [4.69, 9.17) is 14.2 Å². The van der Waals surface area contributed by atoms with Crippen molar-refractivity contribution in [2.45, 2.75) is 19.4 Å². The molecule has 0 aliphatic carbocycles. The van der Waals surface area contributed by atoms with Gasteiger partial charge in [0.2, 0.25) is 0 Å². The first-order chi connectivity index (χ1) is 20.5. The number of likely N-dealkylation sites (tertiary alicyclic amines) is 1. The van der Waals surface area contributed by atoms with Crippen LogP contribution in [-0.4, -0.2) is 72.6 Å². The maximum atomic E-state index is 13.6. The average molecular weight is 569 g/mol. The van der Waals surface area contributed by atoms with E-state index in [9.17, 15) is 14.7 Å². The zero-order chi connectivity index (χ0) is 29.5. The fourth-order valence-corrected chi connectivity index (χ4v) is 5.41. The third kappa shape index (κ3) is 6.56. The largest absolute Gasteiger partial charge is 0.507 e. The van der Waals surface area contributed by atoms with Gasteiger partial charge >= 0.3 is 0 Å². The quantitative estimate of drug-likeness (QED) is 0.142. The molecule has 0 aromatic heterocycles. The highest BCUT2D eigenvalue weighted by atomic mass is 16.5. The van der Waals surface area contributed by atoms with Crippen molar-refractivity contribution in [3.8, 4) is 17.2 Å². The van der Waals surface area contributed by atoms with Crippen LogP contribution in [0.2, 0.25) is 0 Å². The molecular weight excluding hydrogens is 532 g/mol. The molecule has 8 nitrogen and oxygen atoms in total. The Kier molecular flexibility index (Phi) is 9.36. The molecule has 1 amide bonds. The topological polar surface area (TPSA) is 88.5 Å². The van der Waals surface area contributed by atoms with E-state index in [0.29, 0.717) is 66.7 Å². The van der Waals surface area contributed by atoms with Crippen molar-refractivity contribution in [2.75, 3.05) is 46.0 Å². The Labute approximate surface area is 246 Å². The number of hydrogen-bond acceptors (Lipinski definition) is 7. The summed E-state index contributed by atoms with van der Waals surface area (Å²) < 4.78 is 17.1. The summed E-state index contributed by atoms with van der Waals surface area (Å²) in [5.74, 6) is 0.318. The van der Waals surface area contributed by atoms with Crippen LogP contribution in [0.15, 0.2) is 91.0 Å². The lowest BCUT2D eigenvalue weighted by molar-refractivity contribution is -0.140. The number of Topliss-reactive ketones (excluding diaryl/α,β-unsaturated/α-hetero) is 1. The maximum Gasteiger partial charge on any atom is 0.295 e. The first-order valence-corrected chi connectivity index (χ1v) is 14.2. The molecule has 218 valence electrons. The molecule has 3 aromatic rings. The first-order valence-electron chi connectivity index (χ1n) is 14.2. The van der Waals surface area contributed by atoms with Gasteiger partial charge in [-0.3, -0.25) is 14.5 Å². The molecule has 0 bridgehead atoms. The Morgan fingerprint density at radius 2 is 1.74 bits per heavy atom. The van der Waals surface area contributed by atoms with Crippen LogP contribution in [-0.2, 0) is 14.3 Å². The number of nitrogens with zero attached hydrogens (tertiary/aromatic N) is 2. The van der Waals surface area contributed by atoms with E-state index < -0.39 is 17.7 Å². The molecule has 2 saturated heterocycles. The molecule has 0 radical (unpaired) electrons. The second kappa shape index (κ2) is 13.5. The summed E-state index contributed by atoms with van der Waals surface area (Å²) in [6, 6.07) is 21.2. The molecule has 5 rings (SSSR count). The van der Waals surface area contributed by atoms with E-state index in [1.165, 1.54) is 0 Å². The highest BCUT2D eigenvalue weighted by Crippen LogP contribution is 2.41. The normalized spacial score (nSPS) is 18.7. The summed E-state index contributed by atoms with van der Waals surface area (Å²) in [6.45, 7) is 10.1. The number of morpholine rings is 1. The fourth-order valence-electron chi connectivity index (χ4n) is 5.41. The molecule has 2 aliphatic heterocycles. The smallest absolute Gasteiger partial charge is 0.295 e. The Morgan fingerprint density at radius 3 is 2.48 bits per heavy atom. The number of aliphatic hydroxyl groups excluding tert-OH is 1. The van der Waals surface area contributed by atoms with E-state index in [1.54, 1.807) is 29.2 Å². The van der Waals surface area contributed by atoms with E-state index in [1.807, 2.05) is 61.5 Å². The van der Waals surface area contributed by atoms with Crippen LogP contribution >= 0.6 is 0 Å². The van der Waals surface area contributed by atoms with Crippen molar-refractivity contribution in [2.24, 2.45) is 0 Å². The van der Waals surface area contributed by atoms with Crippen LogP contribution in [0.5, 0.6) is 17.2 Å². The monoisotopic (exact) mass is 568 g/mol. The summed E-state index contributed by atoms with van der Waals surface area (Å²) in [7, 11) is 0. The molecular formula is C34H36N2O6. The summed E-state index contributed by atoms with van der Waals surface area (Å²) in [5, 5.41) is 11.6. The highest BCUT2D eigenvalue weighted by molar-refractivity contribution is 6.46. The fraction of sp³-hybridized carbons (Fsp3) is 0.294. The van der Waals surface area contributed by atoms with Gasteiger partial charge in [-0.05, 0) is 66.9 Å². The van der Waals surface area contributed by atoms with Gasteiger partial charge in [-0.15, -0.1) is 0 Å². The lowest BCUT2D eigenvalue weighted by Crippen LogP contribution is -2.38. The Bertz CT molecular complexity index is 1460. The molecule has 1 atom stereocenters. The van der Waals surface area contributed by atoms with Crippen molar-refractivity contribution in [3.63, 3.8) is 0 Å². The zero-order valence-corrected chi connectivity index (χ0v) is 23.8. The number of para-hydroxylation sites is 1. The second-order valence-corrected chi connectivity index (χ2v) is 10.4. The minimum absolute atomic E-state index is 0.0612. The summed E-state index contributed by atoms with van der Waals surface area (Å²) in [5.41, 5.74) is 1.92. The van der Waals surface area contributed by atoms with Gasteiger partial charge in [0.25, 0.3) is 11.7 Å². The molecule has 2 fully saturated rings. The molecule has 1 unspecified atom stereocenters. The van der Waals surface area contributed by atoms with Gasteiger partial charge in [0, 0.05) is 31.7 Å². The van der Waals surface area contributed by atoms with Crippen molar-refractivity contribution >= 4 is 17.4 Å². The van der Waals surface area contributed by atoms with E-state index in [2.05, 4.69) is 11.5 Å². The average Bonchev–Trinajstić information content (AvgIpc) is 3.26. The molecule has 8 heteroatoms. The summed E-state index contributed by atoms with van der Waals surface area (Å²) >= 11 is 0. The van der Waals surface area contributed by atoms with Crippen molar-refractivity contribution < 1.29 is 28.9 Å².